The molecule has 10 heteroatoms. The number of likely N-dealkylation sites (tertiary alicyclic amines) is 1. The SMILES string of the molecule is CC1(C)OB(c2ccc(C[C@H](NC(=O)[C@H]3CCCN3C(=O)OCc3ccccc3)C(=O)O)cc2)OC1(C)C. The van der Waals surface area contributed by atoms with E-state index in [1.807, 2.05) is 82.3 Å². The van der Waals surface area contributed by atoms with Gasteiger partial charge in [-0.1, -0.05) is 54.6 Å². The normalized spacial score (nSPS) is 20.7. The average Bonchev–Trinajstić information content (AvgIpc) is 3.45. The number of ether oxygens (including phenoxy) is 1. The fraction of sp³-hybridized carbons (Fsp3) is 0.464. The first kappa shape index (κ1) is 27.7. The number of nitrogens with one attached hydrogen (secondary N) is 1. The van der Waals surface area contributed by atoms with E-state index in [0.717, 1.165) is 16.6 Å². The molecule has 2 saturated heterocycles. The number of hydrogen-bond donors (Lipinski definition) is 2. The maximum Gasteiger partial charge on any atom is 0.494 e. The fourth-order valence-corrected chi connectivity index (χ4v) is 4.55. The zero-order valence-corrected chi connectivity index (χ0v) is 22.3. The number of amides is 2. The summed E-state index contributed by atoms with van der Waals surface area (Å²) in [5.74, 6) is -1.65. The lowest BCUT2D eigenvalue weighted by Gasteiger charge is -2.32. The summed E-state index contributed by atoms with van der Waals surface area (Å²) in [6.45, 7) is 8.41. The van der Waals surface area contributed by atoms with Gasteiger partial charge in [-0.05, 0) is 57.1 Å². The van der Waals surface area contributed by atoms with E-state index in [-0.39, 0.29) is 13.0 Å². The molecule has 0 unspecified atom stereocenters. The average molecular weight is 522 g/mol. The number of carbonyl (C=O) groups excluding carboxylic acids is 2. The van der Waals surface area contributed by atoms with Crippen molar-refractivity contribution in [2.75, 3.05) is 6.54 Å². The van der Waals surface area contributed by atoms with E-state index in [1.165, 1.54) is 4.90 Å². The summed E-state index contributed by atoms with van der Waals surface area (Å²) in [7, 11) is -0.515. The van der Waals surface area contributed by atoms with Crippen molar-refractivity contribution in [3.8, 4) is 0 Å². The quantitative estimate of drug-likeness (QED) is 0.513. The Morgan fingerprint density at radius 2 is 1.66 bits per heavy atom. The van der Waals surface area contributed by atoms with Crippen LogP contribution in [0.1, 0.15) is 51.7 Å². The number of rotatable bonds is 8. The standard InChI is InChI=1S/C28H35BN2O7/c1-27(2)28(3,4)38-29(37-27)21-14-12-19(13-15-21)17-22(25(33)34)30-24(32)23-11-8-16-31(23)26(35)36-18-20-9-6-5-7-10-20/h5-7,9-10,12-15,22-23H,8,11,16-18H2,1-4H3,(H,30,32)(H,33,34)/t22-,23+/m0/s1. The Bertz CT molecular complexity index is 1140. The third-order valence-corrected chi connectivity index (χ3v) is 7.55. The van der Waals surface area contributed by atoms with Gasteiger partial charge < -0.3 is 24.5 Å². The molecule has 0 radical (unpaired) electrons. The number of benzene rings is 2. The molecule has 2 amide bonds. The van der Waals surface area contributed by atoms with Crippen LogP contribution in [0.4, 0.5) is 4.79 Å². The summed E-state index contributed by atoms with van der Waals surface area (Å²) in [6.07, 6.45) is 0.588. The lowest BCUT2D eigenvalue weighted by atomic mass is 9.78. The van der Waals surface area contributed by atoms with Gasteiger partial charge in [0.2, 0.25) is 5.91 Å². The minimum atomic E-state index is -1.15. The molecule has 2 aliphatic rings. The van der Waals surface area contributed by atoms with Crippen LogP contribution in [0.5, 0.6) is 0 Å². The summed E-state index contributed by atoms with van der Waals surface area (Å²) in [5.41, 5.74) is 1.49. The summed E-state index contributed by atoms with van der Waals surface area (Å²) < 4.78 is 17.5. The lowest BCUT2D eigenvalue weighted by Crippen LogP contribution is -2.51. The van der Waals surface area contributed by atoms with Crippen LogP contribution in [0, 0.1) is 0 Å². The van der Waals surface area contributed by atoms with Crippen LogP contribution in [0.15, 0.2) is 54.6 Å². The Balaban J connectivity index is 1.35. The number of nitrogens with zero attached hydrogens (tertiary/aromatic N) is 1. The van der Waals surface area contributed by atoms with Gasteiger partial charge in [0.05, 0.1) is 11.2 Å². The zero-order valence-electron chi connectivity index (χ0n) is 22.3. The first-order valence-corrected chi connectivity index (χ1v) is 12.9. The molecule has 2 atom stereocenters. The van der Waals surface area contributed by atoms with Crippen LogP contribution in [0.2, 0.25) is 0 Å². The van der Waals surface area contributed by atoms with E-state index >= 15 is 0 Å². The van der Waals surface area contributed by atoms with Crippen LogP contribution in [0.3, 0.4) is 0 Å². The van der Waals surface area contributed by atoms with Gasteiger partial charge in [-0.3, -0.25) is 9.69 Å². The van der Waals surface area contributed by atoms with Gasteiger partial charge in [-0.2, -0.15) is 0 Å². The molecule has 0 aliphatic carbocycles. The Morgan fingerprint density at radius 3 is 2.26 bits per heavy atom. The fourth-order valence-electron chi connectivity index (χ4n) is 4.55. The predicted molar refractivity (Wildman–Crippen MR) is 142 cm³/mol. The van der Waals surface area contributed by atoms with Crippen LogP contribution in [-0.2, 0) is 36.7 Å². The number of carbonyl (C=O) groups is 3. The third-order valence-electron chi connectivity index (χ3n) is 7.55. The highest BCUT2D eigenvalue weighted by atomic mass is 16.7. The molecule has 0 aromatic heterocycles. The van der Waals surface area contributed by atoms with Crippen molar-refractivity contribution in [3.05, 3.63) is 65.7 Å². The van der Waals surface area contributed by atoms with Crippen LogP contribution in [0.25, 0.3) is 0 Å². The highest BCUT2D eigenvalue weighted by Crippen LogP contribution is 2.36. The lowest BCUT2D eigenvalue weighted by molar-refractivity contribution is -0.142. The van der Waals surface area contributed by atoms with E-state index in [4.69, 9.17) is 14.0 Å². The third kappa shape index (κ3) is 6.19. The van der Waals surface area contributed by atoms with Gasteiger partial charge in [0.15, 0.2) is 0 Å². The zero-order chi connectivity index (χ0) is 27.5. The molecule has 2 fully saturated rings. The number of carboxylic acids is 1. The minimum absolute atomic E-state index is 0.0931. The van der Waals surface area contributed by atoms with E-state index in [9.17, 15) is 19.5 Å². The van der Waals surface area contributed by atoms with Gasteiger partial charge in [0.1, 0.15) is 18.7 Å². The van der Waals surface area contributed by atoms with Gasteiger partial charge in [0.25, 0.3) is 0 Å². The van der Waals surface area contributed by atoms with Crippen molar-refractivity contribution >= 4 is 30.6 Å². The highest BCUT2D eigenvalue weighted by molar-refractivity contribution is 6.62. The van der Waals surface area contributed by atoms with E-state index < -0.39 is 48.4 Å². The predicted octanol–water partition coefficient (Wildman–Crippen LogP) is 2.90. The van der Waals surface area contributed by atoms with E-state index in [2.05, 4.69) is 5.32 Å². The molecule has 0 bridgehead atoms. The largest absolute Gasteiger partial charge is 0.494 e. The summed E-state index contributed by atoms with van der Waals surface area (Å²) in [4.78, 5) is 39.0. The van der Waals surface area contributed by atoms with Crippen molar-refractivity contribution in [3.63, 3.8) is 0 Å². The van der Waals surface area contributed by atoms with Crippen molar-refractivity contribution in [2.45, 2.75) is 76.9 Å². The smallest absolute Gasteiger partial charge is 0.480 e. The maximum absolute atomic E-state index is 13.0. The second kappa shape index (κ2) is 11.2. The second-order valence-electron chi connectivity index (χ2n) is 10.8. The molecule has 2 aromatic rings. The molecule has 4 rings (SSSR count). The maximum atomic E-state index is 13.0. The molecule has 38 heavy (non-hydrogen) atoms. The van der Waals surface area contributed by atoms with Crippen LogP contribution < -0.4 is 10.8 Å². The summed E-state index contributed by atoms with van der Waals surface area (Å²) in [5, 5.41) is 12.4. The van der Waals surface area contributed by atoms with Crippen LogP contribution >= 0.6 is 0 Å². The van der Waals surface area contributed by atoms with Crippen LogP contribution in [-0.4, -0.2) is 64.9 Å². The van der Waals surface area contributed by atoms with Gasteiger partial charge in [-0.15, -0.1) is 0 Å². The number of hydrogen-bond acceptors (Lipinski definition) is 6. The Morgan fingerprint density at radius 1 is 1.03 bits per heavy atom. The van der Waals surface area contributed by atoms with Gasteiger partial charge in [-0.25, -0.2) is 9.59 Å². The monoisotopic (exact) mass is 522 g/mol. The Labute approximate surface area is 223 Å². The molecular formula is C28H35BN2O7. The molecule has 9 nitrogen and oxygen atoms in total. The molecular weight excluding hydrogens is 487 g/mol. The number of carboxylic acid groups (broad SMARTS) is 1. The highest BCUT2D eigenvalue weighted by Gasteiger charge is 2.51. The number of aliphatic carboxylic acids is 1. The molecule has 202 valence electrons. The van der Waals surface area contributed by atoms with Gasteiger partial charge >= 0.3 is 19.2 Å². The molecule has 2 aliphatic heterocycles. The minimum Gasteiger partial charge on any atom is -0.480 e. The van der Waals surface area contributed by atoms with Crippen molar-refractivity contribution in [2.24, 2.45) is 0 Å². The van der Waals surface area contributed by atoms with Crippen molar-refractivity contribution in [1.29, 1.82) is 0 Å². The topological polar surface area (TPSA) is 114 Å². The second-order valence-corrected chi connectivity index (χ2v) is 10.8. The first-order chi connectivity index (χ1) is 18.0. The molecule has 2 N–H and O–H groups in total. The van der Waals surface area contributed by atoms with Crippen molar-refractivity contribution < 1.29 is 33.5 Å². The summed E-state index contributed by atoms with van der Waals surface area (Å²) in [6, 6.07) is 14.7. The van der Waals surface area contributed by atoms with E-state index in [1.54, 1.807) is 0 Å². The van der Waals surface area contributed by atoms with Crippen molar-refractivity contribution in [1.82, 2.24) is 10.2 Å². The molecule has 2 heterocycles. The Hall–Kier alpha value is -3.37. The van der Waals surface area contributed by atoms with E-state index in [0.29, 0.717) is 19.4 Å². The summed E-state index contributed by atoms with van der Waals surface area (Å²) >= 11 is 0. The molecule has 0 spiro atoms. The van der Waals surface area contributed by atoms with Gasteiger partial charge in [0, 0.05) is 13.0 Å². The molecule has 0 saturated carbocycles. The molecule has 2 aromatic carbocycles. The Kier molecular flexibility index (Phi) is 8.13. The first-order valence-electron chi connectivity index (χ1n) is 12.9.